The molecule has 24 heavy (non-hydrogen) atoms. The Labute approximate surface area is 142 Å². The van der Waals surface area contributed by atoms with E-state index in [0.29, 0.717) is 13.1 Å². The van der Waals surface area contributed by atoms with Gasteiger partial charge in [0.15, 0.2) is 0 Å². The molecule has 1 amide bonds. The van der Waals surface area contributed by atoms with Gasteiger partial charge in [-0.05, 0) is 54.8 Å². The number of carbonyl (C=O) groups is 1. The number of hydrogen-bond donors (Lipinski definition) is 0. The van der Waals surface area contributed by atoms with Crippen molar-refractivity contribution in [2.75, 3.05) is 26.2 Å². The zero-order chi connectivity index (χ0) is 17.1. The van der Waals surface area contributed by atoms with E-state index in [1.54, 1.807) is 12.1 Å². The fourth-order valence-electron chi connectivity index (χ4n) is 3.06. The maximum absolute atomic E-state index is 13.3. The Bertz CT molecular complexity index is 736. The number of amides is 1. The Morgan fingerprint density at radius 2 is 1.75 bits per heavy atom. The lowest BCUT2D eigenvalue weighted by Crippen LogP contribution is -2.48. The van der Waals surface area contributed by atoms with Gasteiger partial charge in [0.25, 0.3) is 5.91 Å². The molecule has 1 fully saturated rings. The summed E-state index contributed by atoms with van der Waals surface area (Å²) in [6, 6.07) is 12.6. The van der Waals surface area contributed by atoms with Gasteiger partial charge < -0.3 is 4.90 Å². The van der Waals surface area contributed by atoms with Gasteiger partial charge in [0.1, 0.15) is 5.82 Å². The van der Waals surface area contributed by atoms with E-state index in [2.05, 4.69) is 11.8 Å². The third kappa shape index (κ3) is 3.82. The Morgan fingerprint density at radius 1 is 1.00 bits per heavy atom. The molecule has 0 atom stereocenters. The molecule has 0 bridgehead atoms. The van der Waals surface area contributed by atoms with Gasteiger partial charge in [-0.25, -0.2) is 4.39 Å². The summed E-state index contributed by atoms with van der Waals surface area (Å²) in [6.07, 6.45) is 0. The van der Waals surface area contributed by atoms with E-state index in [0.717, 1.165) is 36.3 Å². The van der Waals surface area contributed by atoms with Crippen LogP contribution >= 0.6 is 0 Å². The summed E-state index contributed by atoms with van der Waals surface area (Å²) in [5.41, 5.74) is 4.08. The van der Waals surface area contributed by atoms with Gasteiger partial charge in [-0.3, -0.25) is 9.69 Å². The van der Waals surface area contributed by atoms with Crippen LogP contribution in [0.4, 0.5) is 4.39 Å². The van der Waals surface area contributed by atoms with Crippen LogP contribution in [0.5, 0.6) is 0 Å². The van der Waals surface area contributed by atoms with Gasteiger partial charge >= 0.3 is 0 Å². The summed E-state index contributed by atoms with van der Waals surface area (Å²) in [6.45, 7) is 7.85. The first kappa shape index (κ1) is 16.7. The first-order valence-corrected chi connectivity index (χ1v) is 8.36. The average Bonchev–Trinajstić information content (AvgIpc) is 2.57. The fourth-order valence-corrected chi connectivity index (χ4v) is 3.06. The van der Waals surface area contributed by atoms with Crippen LogP contribution in [-0.4, -0.2) is 41.9 Å². The molecule has 2 aromatic rings. The average molecular weight is 326 g/mol. The van der Waals surface area contributed by atoms with Crippen LogP contribution in [0.3, 0.4) is 0 Å². The number of piperazine rings is 1. The molecule has 126 valence electrons. The molecular weight excluding hydrogens is 303 g/mol. The number of nitrogens with zero attached hydrogens (tertiary/aromatic N) is 2. The number of hydrogen-bond acceptors (Lipinski definition) is 2. The normalized spacial score (nSPS) is 15.5. The van der Waals surface area contributed by atoms with Crippen molar-refractivity contribution in [1.29, 1.82) is 0 Å². The molecule has 0 saturated carbocycles. The van der Waals surface area contributed by atoms with Crippen LogP contribution < -0.4 is 0 Å². The number of benzene rings is 2. The lowest BCUT2D eigenvalue weighted by molar-refractivity contribution is 0.0628. The number of aryl methyl sites for hydroxylation is 2. The second-order valence-electron chi connectivity index (χ2n) is 6.50. The molecule has 0 aliphatic carbocycles. The molecule has 1 heterocycles. The van der Waals surface area contributed by atoms with Crippen LogP contribution in [-0.2, 0) is 6.54 Å². The number of carbonyl (C=O) groups excluding carboxylic acids is 1. The van der Waals surface area contributed by atoms with Crippen molar-refractivity contribution >= 4 is 5.91 Å². The van der Waals surface area contributed by atoms with Gasteiger partial charge in [-0.2, -0.15) is 0 Å². The Kier molecular flexibility index (Phi) is 4.95. The molecule has 0 aromatic heterocycles. The first-order valence-electron chi connectivity index (χ1n) is 8.36. The van der Waals surface area contributed by atoms with E-state index >= 15 is 0 Å². The predicted molar refractivity (Wildman–Crippen MR) is 93.5 cm³/mol. The minimum absolute atomic E-state index is 0.100. The molecule has 0 unspecified atom stereocenters. The zero-order valence-corrected chi connectivity index (χ0v) is 14.3. The van der Waals surface area contributed by atoms with Crippen LogP contribution in [0.2, 0.25) is 0 Å². The van der Waals surface area contributed by atoms with Crippen molar-refractivity contribution in [3.05, 3.63) is 70.5 Å². The zero-order valence-electron chi connectivity index (χ0n) is 14.3. The second kappa shape index (κ2) is 7.14. The van der Waals surface area contributed by atoms with Crippen molar-refractivity contribution < 1.29 is 9.18 Å². The topological polar surface area (TPSA) is 23.6 Å². The molecule has 1 saturated heterocycles. The summed E-state index contributed by atoms with van der Waals surface area (Å²) in [7, 11) is 0. The maximum Gasteiger partial charge on any atom is 0.253 e. The summed E-state index contributed by atoms with van der Waals surface area (Å²) >= 11 is 0. The molecule has 4 heteroatoms. The lowest BCUT2D eigenvalue weighted by atomic mass is 10.1. The number of rotatable bonds is 3. The van der Waals surface area contributed by atoms with Crippen molar-refractivity contribution in [1.82, 2.24) is 9.80 Å². The minimum Gasteiger partial charge on any atom is -0.336 e. The highest BCUT2D eigenvalue weighted by atomic mass is 19.1. The molecule has 0 N–H and O–H groups in total. The smallest absolute Gasteiger partial charge is 0.253 e. The van der Waals surface area contributed by atoms with E-state index < -0.39 is 0 Å². The molecule has 0 radical (unpaired) electrons. The highest BCUT2D eigenvalue weighted by molar-refractivity contribution is 5.94. The molecule has 1 aliphatic heterocycles. The van der Waals surface area contributed by atoms with Crippen molar-refractivity contribution in [2.45, 2.75) is 20.4 Å². The third-order valence-corrected chi connectivity index (χ3v) is 4.71. The highest BCUT2D eigenvalue weighted by Gasteiger charge is 2.22. The van der Waals surface area contributed by atoms with Crippen molar-refractivity contribution in [3.63, 3.8) is 0 Å². The van der Waals surface area contributed by atoms with Crippen LogP contribution in [0.1, 0.15) is 27.0 Å². The standard InChI is InChI=1S/C20H23FN2O/c1-15-6-7-18(12-16(15)2)20(24)23-10-8-22(9-11-23)14-17-4-3-5-19(21)13-17/h3-7,12-13H,8-11,14H2,1-2H3. The van der Waals surface area contributed by atoms with Crippen LogP contribution in [0.25, 0.3) is 0 Å². The fraction of sp³-hybridized carbons (Fsp3) is 0.350. The Balaban J connectivity index is 1.58. The van der Waals surface area contributed by atoms with Crippen molar-refractivity contribution in [2.24, 2.45) is 0 Å². The molecule has 3 nitrogen and oxygen atoms in total. The molecule has 0 spiro atoms. The van der Waals surface area contributed by atoms with Crippen LogP contribution in [0, 0.1) is 19.7 Å². The summed E-state index contributed by atoms with van der Waals surface area (Å²) in [4.78, 5) is 16.8. The van der Waals surface area contributed by atoms with E-state index in [1.165, 1.54) is 11.6 Å². The SMILES string of the molecule is Cc1ccc(C(=O)N2CCN(Cc3cccc(F)c3)CC2)cc1C. The van der Waals surface area contributed by atoms with Gasteiger partial charge in [-0.15, -0.1) is 0 Å². The number of halogens is 1. The minimum atomic E-state index is -0.198. The second-order valence-corrected chi connectivity index (χ2v) is 6.50. The van der Waals surface area contributed by atoms with Gasteiger partial charge in [0.2, 0.25) is 0 Å². The van der Waals surface area contributed by atoms with Crippen LogP contribution in [0.15, 0.2) is 42.5 Å². The summed E-state index contributed by atoms with van der Waals surface area (Å²) < 4.78 is 13.3. The monoisotopic (exact) mass is 326 g/mol. The van der Waals surface area contributed by atoms with Gasteiger partial charge in [0, 0.05) is 38.3 Å². The Hall–Kier alpha value is -2.20. The predicted octanol–water partition coefficient (Wildman–Crippen LogP) is 3.40. The third-order valence-electron chi connectivity index (χ3n) is 4.71. The Morgan fingerprint density at radius 3 is 2.42 bits per heavy atom. The summed E-state index contributed by atoms with van der Waals surface area (Å²) in [5, 5.41) is 0. The summed E-state index contributed by atoms with van der Waals surface area (Å²) in [5.74, 6) is -0.0976. The largest absolute Gasteiger partial charge is 0.336 e. The quantitative estimate of drug-likeness (QED) is 0.863. The van der Waals surface area contributed by atoms with E-state index in [1.807, 2.05) is 36.1 Å². The molecule has 2 aromatic carbocycles. The van der Waals surface area contributed by atoms with Crippen molar-refractivity contribution in [3.8, 4) is 0 Å². The van der Waals surface area contributed by atoms with E-state index in [-0.39, 0.29) is 11.7 Å². The van der Waals surface area contributed by atoms with E-state index in [4.69, 9.17) is 0 Å². The van der Waals surface area contributed by atoms with Gasteiger partial charge in [-0.1, -0.05) is 18.2 Å². The highest BCUT2D eigenvalue weighted by Crippen LogP contribution is 2.15. The first-order chi connectivity index (χ1) is 11.5. The molecule has 1 aliphatic rings. The maximum atomic E-state index is 13.3. The molecule has 3 rings (SSSR count). The molecular formula is C20H23FN2O. The van der Waals surface area contributed by atoms with E-state index in [9.17, 15) is 9.18 Å². The van der Waals surface area contributed by atoms with Gasteiger partial charge in [0.05, 0.1) is 0 Å². The lowest BCUT2D eigenvalue weighted by Gasteiger charge is -2.35.